The van der Waals surface area contributed by atoms with Gasteiger partial charge >= 0.3 is 6.01 Å². The normalized spacial score (nSPS) is 13.0. The highest BCUT2D eigenvalue weighted by molar-refractivity contribution is 5.76. The lowest BCUT2D eigenvalue weighted by molar-refractivity contribution is 0.286. The van der Waals surface area contributed by atoms with Crippen molar-refractivity contribution >= 4 is 17.3 Å². The molecule has 45 heavy (non-hydrogen) atoms. The van der Waals surface area contributed by atoms with Crippen molar-refractivity contribution in [3.8, 4) is 17.5 Å². The SMILES string of the molecule is CCCCOc1nc(NCc2ccc(CN3CCCC3)cc2)c(N)c(N(Cc2ccc(OC)cc2)Cc2ccc(OC)cc2)n1. The Kier molecular flexibility index (Phi) is 11.3. The maximum atomic E-state index is 6.86. The van der Waals surface area contributed by atoms with Gasteiger partial charge in [0.1, 0.15) is 17.2 Å². The number of nitrogen functional groups attached to an aromatic ring is 1. The Balaban J connectivity index is 1.41. The Labute approximate surface area is 267 Å². The first-order valence-electron chi connectivity index (χ1n) is 15.9. The summed E-state index contributed by atoms with van der Waals surface area (Å²) in [7, 11) is 3.34. The molecule has 1 fully saturated rings. The third-order valence-electron chi connectivity index (χ3n) is 8.09. The fraction of sp³-hybridized carbons (Fsp3) is 0.389. The summed E-state index contributed by atoms with van der Waals surface area (Å²) in [5.41, 5.74) is 12.0. The molecule has 2 heterocycles. The summed E-state index contributed by atoms with van der Waals surface area (Å²) in [6.45, 7) is 7.78. The van der Waals surface area contributed by atoms with Crippen LogP contribution in [-0.4, -0.2) is 48.8 Å². The molecule has 5 rings (SSSR count). The van der Waals surface area contributed by atoms with Crippen LogP contribution in [0.3, 0.4) is 0 Å². The van der Waals surface area contributed by atoms with Gasteiger partial charge in [-0.1, -0.05) is 61.9 Å². The lowest BCUT2D eigenvalue weighted by atomic mass is 10.1. The first-order chi connectivity index (χ1) is 22.0. The predicted molar refractivity (Wildman–Crippen MR) is 181 cm³/mol. The van der Waals surface area contributed by atoms with Crippen molar-refractivity contribution < 1.29 is 14.2 Å². The smallest absolute Gasteiger partial charge is 0.320 e. The van der Waals surface area contributed by atoms with Gasteiger partial charge in [0.25, 0.3) is 0 Å². The lowest BCUT2D eigenvalue weighted by Gasteiger charge is -2.27. The van der Waals surface area contributed by atoms with Gasteiger partial charge in [-0.2, -0.15) is 9.97 Å². The van der Waals surface area contributed by atoms with Crippen LogP contribution in [0.5, 0.6) is 17.5 Å². The van der Waals surface area contributed by atoms with Crippen molar-refractivity contribution in [1.29, 1.82) is 0 Å². The molecule has 1 aromatic heterocycles. The molecule has 238 valence electrons. The molecule has 0 atom stereocenters. The van der Waals surface area contributed by atoms with Crippen LogP contribution in [0.25, 0.3) is 0 Å². The van der Waals surface area contributed by atoms with Crippen LogP contribution in [0.4, 0.5) is 17.3 Å². The van der Waals surface area contributed by atoms with Crippen molar-refractivity contribution in [3.05, 3.63) is 95.1 Å². The summed E-state index contributed by atoms with van der Waals surface area (Å²) in [4.78, 5) is 14.2. The van der Waals surface area contributed by atoms with E-state index in [1.807, 2.05) is 24.3 Å². The topological polar surface area (TPSA) is 98.0 Å². The zero-order valence-electron chi connectivity index (χ0n) is 26.8. The van der Waals surface area contributed by atoms with E-state index in [4.69, 9.17) is 29.9 Å². The standard InChI is InChI=1S/C36H46N6O3/c1-4-5-22-45-36-39-34(38-23-27-8-10-28(11-9-27)24-41-20-6-7-21-41)33(37)35(40-36)42(25-29-12-16-31(43-2)17-13-29)26-30-14-18-32(44-3)19-15-30/h8-19H,4-7,20-26,37H2,1-3H3,(H,38,39,40). The Morgan fingerprint density at radius 1 is 0.778 bits per heavy atom. The van der Waals surface area contributed by atoms with Crippen molar-refractivity contribution in [2.24, 2.45) is 0 Å². The number of rotatable bonds is 16. The summed E-state index contributed by atoms with van der Waals surface area (Å²) in [5, 5.41) is 3.48. The third-order valence-corrected chi connectivity index (χ3v) is 8.09. The van der Waals surface area contributed by atoms with E-state index in [1.165, 1.54) is 31.5 Å². The number of nitrogens with two attached hydrogens (primary N) is 1. The Morgan fingerprint density at radius 2 is 1.33 bits per heavy atom. The van der Waals surface area contributed by atoms with E-state index in [2.05, 4.69) is 70.6 Å². The third kappa shape index (κ3) is 9.01. The van der Waals surface area contributed by atoms with E-state index < -0.39 is 0 Å². The van der Waals surface area contributed by atoms with Gasteiger partial charge in [0.05, 0.1) is 20.8 Å². The highest BCUT2D eigenvalue weighted by Gasteiger charge is 2.20. The van der Waals surface area contributed by atoms with Gasteiger partial charge in [-0.3, -0.25) is 4.90 Å². The lowest BCUT2D eigenvalue weighted by Crippen LogP contribution is -2.25. The van der Waals surface area contributed by atoms with Crippen LogP contribution in [0, 0.1) is 0 Å². The number of nitrogens with one attached hydrogen (secondary N) is 1. The molecule has 1 aliphatic rings. The minimum Gasteiger partial charge on any atom is -0.497 e. The zero-order chi connectivity index (χ0) is 31.4. The molecule has 1 aliphatic heterocycles. The van der Waals surface area contributed by atoms with Gasteiger partial charge in [-0.05, 0) is 78.9 Å². The number of unbranched alkanes of at least 4 members (excludes halogenated alkanes) is 1. The molecule has 0 bridgehead atoms. The molecular weight excluding hydrogens is 564 g/mol. The van der Waals surface area contributed by atoms with Crippen molar-refractivity contribution in [1.82, 2.24) is 14.9 Å². The van der Waals surface area contributed by atoms with Gasteiger partial charge in [-0.15, -0.1) is 0 Å². The number of aromatic nitrogens is 2. The first kappa shape index (κ1) is 31.9. The zero-order valence-corrected chi connectivity index (χ0v) is 26.8. The Hall–Kier alpha value is -4.50. The van der Waals surface area contributed by atoms with E-state index in [-0.39, 0.29) is 0 Å². The number of methoxy groups -OCH3 is 2. The van der Waals surface area contributed by atoms with Crippen LogP contribution >= 0.6 is 0 Å². The van der Waals surface area contributed by atoms with Crippen LogP contribution in [0.2, 0.25) is 0 Å². The Morgan fingerprint density at radius 3 is 1.89 bits per heavy atom. The highest BCUT2D eigenvalue weighted by Crippen LogP contribution is 2.33. The molecule has 1 saturated heterocycles. The average molecular weight is 611 g/mol. The second-order valence-electron chi connectivity index (χ2n) is 11.5. The fourth-order valence-electron chi connectivity index (χ4n) is 5.44. The van der Waals surface area contributed by atoms with Gasteiger partial charge in [0, 0.05) is 26.2 Å². The first-order valence-corrected chi connectivity index (χ1v) is 15.9. The van der Waals surface area contributed by atoms with Gasteiger partial charge < -0.3 is 30.2 Å². The van der Waals surface area contributed by atoms with Crippen LogP contribution in [0.1, 0.15) is 54.9 Å². The molecule has 0 unspecified atom stereocenters. The van der Waals surface area contributed by atoms with Crippen molar-refractivity contribution in [3.63, 3.8) is 0 Å². The largest absolute Gasteiger partial charge is 0.497 e. The predicted octanol–water partition coefficient (Wildman–Crippen LogP) is 6.67. The minimum absolute atomic E-state index is 0.311. The van der Waals surface area contributed by atoms with Crippen molar-refractivity contribution in [2.45, 2.75) is 58.8 Å². The molecule has 4 aromatic rings. The van der Waals surface area contributed by atoms with Gasteiger partial charge in [0.15, 0.2) is 11.6 Å². The van der Waals surface area contributed by atoms with E-state index in [9.17, 15) is 0 Å². The number of hydrogen-bond donors (Lipinski definition) is 2. The van der Waals surface area contributed by atoms with Gasteiger partial charge in [0.2, 0.25) is 0 Å². The van der Waals surface area contributed by atoms with Crippen LogP contribution < -0.4 is 30.2 Å². The van der Waals surface area contributed by atoms with Crippen molar-refractivity contribution in [2.75, 3.05) is 49.9 Å². The van der Waals surface area contributed by atoms with Crippen LogP contribution in [-0.2, 0) is 26.2 Å². The molecule has 3 aromatic carbocycles. The maximum absolute atomic E-state index is 6.86. The van der Waals surface area contributed by atoms with E-state index >= 15 is 0 Å². The molecule has 0 aliphatic carbocycles. The number of nitrogens with zero attached hydrogens (tertiary/aromatic N) is 4. The number of ether oxygens (including phenoxy) is 3. The van der Waals surface area contributed by atoms with E-state index in [1.54, 1.807) is 14.2 Å². The summed E-state index contributed by atoms with van der Waals surface area (Å²) >= 11 is 0. The maximum Gasteiger partial charge on any atom is 0.320 e. The molecule has 3 N–H and O–H groups in total. The summed E-state index contributed by atoms with van der Waals surface area (Å²) in [5.74, 6) is 2.79. The number of likely N-dealkylation sites (tertiary alicyclic amines) is 1. The summed E-state index contributed by atoms with van der Waals surface area (Å²) in [6, 6.07) is 25.2. The van der Waals surface area contributed by atoms with E-state index in [0.29, 0.717) is 49.6 Å². The summed E-state index contributed by atoms with van der Waals surface area (Å²) < 4.78 is 16.8. The molecule has 9 heteroatoms. The minimum atomic E-state index is 0.311. The monoisotopic (exact) mass is 610 g/mol. The second-order valence-corrected chi connectivity index (χ2v) is 11.5. The van der Waals surface area contributed by atoms with Crippen LogP contribution in [0.15, 0.2) is 72.8 Å². The number of anilines is 3. The molecule has 0 saturated carbocycles. The molecule has 0 radical (unpaired) electrons. The molecule has 9 nitrogen and oxygen atoms in total. The van der Waals surface area contributed by atoms with Gasteiger partial charge in [-0.25, -0.2) is 0 Å². The average Bonchev–Trinajstić information content (AvgIpc) is 3.59. The molecule has 0 spiro atoms. The number of hydrogen-bond acceptors (Lipinski definition) is 9. The molecule has 0 amide bonds. The van der Waals surface area contributed by atoms with E-state index in [0.717, 1.165) is 47.6 Å². The highest BCUT2D eigenvalue weighted by atomic mass is 16.5. The fourth-order valence-corrected chi connectivity index (χ4v) is 5.44. The second kappa shape index (κ2) is 16.0. The summed E-state index contributed by atoms with van der Waals surface area (Å²) in [6.07, 6.45) is 4.52. The molecular formula is C36H46N6O3. The number of benzene rings is 3. The quantitative estimate of drug-likeness (QED) is 0.135. The Bertz CT molecular complexity index is 1420.